The van der Waals surface area contributed by atoms with Crippen LogP contribution in [0.4, 0.5) is 5.69 Å². The Hall–Kier alpha value is -1.89. The van der Waals surface area contributed by atoms with Gasteiger partial charge in [-0.05, 0) is 26.7 Å². The van der Waals surface area contributed by atoms with Crippen LogP contribution in [0.25, 0.3) is 0 Å². The topological polar surface area (TPSA) is 66.9 Å². The van der Waals surface area contributed by atoms with Gasteiger partial charge in [0, 0.05) is 11.6 Å². The zero-order valence-electron chi connectivity index (χ0n) is 9.43. The number of para-hydroxylation sites is 1. The molecule has 1 aromatic rings. The van der Waals surface area contributed by atoms with E-state index in [4.69, 9.17) is 5.26 Å². The quantitative estimate of drug-likeness (QED) is 0.576. The molecule has 0 radical (unpaired) electrons. The molecule has 4 heteroatoms. The maximum absolute atomic E-state index is 10.8. The van der Waals surface area contributed by atoms with Gasteiger partial charge in [-0.25, -0.2) is 0 Å². The zero-order chi connectivity index (χ0) is 12.2. The predicted molar refractivity (Wildman–Crippen MR) is 60.8 cm³/mol. The molecule has 0 bridgehead atoms. The largest absolute Gasteiger partial charge is 0.272 e. The van der Waals surface area contributed by atoms with Crippen molar-refractivity contribution < 1.29 is 4.92 Å². The molecule has 0 amide bonds. The Morgan fingerprint density at radius 1 is 1.44 bits per heavy atom. The molecule has 0 aliphatic carbocycles. The first-order valence-corrected chi connectivity index (χ1v) is 5.10. The highest BCUT2D eigenvalue weighted by atomic mass is 16.6. The van der Waals surface area contributed by atoms with Gasteiger partial charge in [0.25, 0.3) is 5.69 Å². The molecule has 0 aliphatic heterocycles. The maximum atomic E-state index is 10.8. The van der Waals surface area contributed by atoms with Gasteiger partial charge < -0.3 is 0 Å². The van der Waals surface area contributed by atoms with Crippen LogP contribution in [-0.4, -0.2) is 4.92 Å². The number of hydrogen-bond donors (Lipinski definition) is 0. The first-order chi connectivity index (χ1) is 7.46. The molecule has 16 heavy (non-hydrogen) atoms. The summed E-state index contributed by atoms with van der Waals surface area (Å²) in [6, 6.07) is 8.86. The van der Waals surface area contributed by atoms with Gasteiger partial charge in [0.2, 0.25) is 0 Å². The molecule has 1 rings (SSSR count). The number of nitrogens with zero attached hydrogens (tertiary/aromatic N) is 2. The maximum Gasteiger partial charge on any atom is 0.272 e. The monoisotopic (exact) mass is 218 g/mol. The Morgan fingerprint density at radius 3 is 2.62 bits per heavy atom. The van der Waals surface area contributed by atoms with Crippen molar-refractivity contribution in [2.45, 2.75) is 26.7 Å². The lowest BCUT2D eigenvalue weighted by molar-refractivity contribution is -0.385. The van der Waals surface area contributed by atoms with Gasteiger partial charge in [0.1, 0.15) is 0 Å². The number of rotatable bonds is 4. The van der Waals surface area contributed by atoms with Crippen molar-refractivity contribution >= 4 is 5.69 Å². The minimum Gasteiger partial charge on any atom is -0.258 e. The smallest absolute Gasteiger partial charge is 0.258 e. The lowest BCUT2D eigenvalue weighted by Crippen LogP contribution is -2.09. The normalized spacial score (nSPS) is 10.8. The van der Waals surface area contributed by atoms with E-state index in [1.165, 1.54) is 6.07 Å². The number of nitriles is 1. The summed E-state index contributed by atoms with van der Waals surface area (Å²) in [6.45, 7) is 3.67. The number of nitro groups is 1. The van der Waals surface area contributed by atoms with Gasteiger partial charge in [-0.1, -0.05) is 18.2 Å². The Kier molecular flexibility index (Phi) is 3.62. The second-order valence-electron chi connectivity index (χ2n) is 4.38. The lowest BCUT2D eigenvalue weighted by atomic mass is 9.88. The predicted octanol–water partition coefficient (Wildman–Crippen LogP) is 3.08. The highest BCUT2D eigenvalue weighted by Gasteiger charge is 2.19. The Morgan fingerprint density at radius 2 is 2.06 bits per heavy atom. The van der Waals surface area contributed by atoms with Crippen molar-refractivity contribution in [1.82, 2.24) is 0 Å². The van der Waals surface area contributed by atoms with Gasteiger partial charge >= 0.3 is 0 Å². The number of benzene rings is 1. The Labute approximate surface area is 94.7 Å². The SMILES string of the molecule is CC(C)(C#N)CCc1ccccc1[N+](=O)[O-]. The van der Waals surface area contributed by atoms with E-state index in [1.807, 2.05) is 13.8 Å². The van der Waals surface area contributed by atoms with E-state index >= 15 is 0 Å². The molecular formula is C12H14N2O2. The Balaban J connectivity index is 2.83. The van der Waals surface area contributed by atoms with Crippen molar-refractivity contribution in [1.29, 1.82) is 5.26 Å². The molecule has 0 spiro atoms. The van der Waals surface area contributed by atoms with E-state index in [1.54, 1.807) is 18.2 Å². The molecule has 0 N–H and O–H groups in total. The fraction of sp³-hybridized carbons (Fsp3) is 0.417. The van der Waals surface area contributed by atoms with Crippen LogP contribution in [0.1, 0.15) is 25.8 Å². The number of hydrogen-bond acceptors (Lipinski definition) is 3. The minimum absolute atomic E-state index is 0.135. The molecule has 1 aromatic carbocycles. The van der Waals surface area contributed by atoms with Gasteiger partial charge in [-0.3, -0.25) is 10.1 Å². The molecular weight excluding hydrogens is 204 g/mol. The van der Waals surface area contributed by atoms with E-state index in [0.29, 0.717) is 18.4 Å². The molecule has 0 aliphatic rings. The van der Waals surface area contributed by atoms with Crippen LogP contribution in [0, 0.1) is 26.9 Å². The van der Waals surface area contributed by atoms with Crippen LogP contribution < -0.4 is 0 Å². The van der Waals surface area contributed by atoms with E-state index in [9.17, 15) is 10.1 Å². The van der Waals surface area contributed by atoms with Crippen molar-refractivity contribution in [3.05, 3.63) is 39.9 Å². The molecule has 0 atom stereocenters. The van der Waals surface area contributed by atoms with Crippen LogP contribution in [0.3, 0.4) is 0 Å². The summed E-state index contributed by atoms with van der Waals surface area (Å²) >= 11 is 0. The summed E-state index contributed by atoms with van der Waals surface area (Å²) in [6.07, 6.45) is 1.17. The molecule has 0 aromatic heterocycles. The highest BCUT2D eigenvalue weighted by molar-refractivity contribution is 5.39. The summed E-state index contributed by atoms with van der Waals surface area (Å²) in [5.41, 5.74) is 0.385. The van der Waals surface area contributed by atoms with Crippen molar-refractivity contribution in [3.63, 3.8) is 0 Å². The van der Waals surface area contributed by atoms with Crippen molar-refractivity contribution in [3.8, 4) is 6.07 Å². The van der Waals surface area contributed by atoms with E-state index in [0.717, 1.165) is 0 Å². The van der Waals surface area contributed by atoms with Crippen LogP contribution >= 0.6 is 0 Å². The first-order valence-electron chi connectivity index (χ1n) is 5.10. The standard InChI is InChI=1S/C12H14N2O2/c1-12(2,9-13)8-7-10-5-3-4-6-11(10)14(15)16/h3-6H,7-8H2,1-2H3. The highest BCUT2D eigenvalue weighted by Crippen LogP contribution is 2.25. The van der Waals surface area contributed by atoms with Crippen LogP contribution in [-0.2, 0) is 6.42 Å². The summed E-state index contributed by atoms with van der Waals surface area (Å²) in [7, 11) is 0. The van der Waals surface area contributed by atoms with E-state index in [-0.39, 0.29) is 10.6 Å². The lowest BCUT2D eigenvalue weighted by Gasteiger charge is -2.14. The van der Waals surface area contributed by atoms with Crippen LogP contribution in [0.2, 0.25) is 0 Å². The van der Waals surface area contributed by atoms with Gasteiger partial charge in [-0.15, -0.1) is 0 Å². The fourth-order valence-electron chi connectivity index (χ4n) is 1.40. The summed E-state index contributed by atoms with van der Waals surface area (Å²) in [5.74, 6) is 0. The third-order valence-electron chi connectivity index (χ3n) is 2.51. The molecule has 0 fully saturated rings. The summed E-state index contributed by atoms with van der Waals surface area (Å²) in [5, 5.41) is 19.6. The third-order valence-corrected chi connectivity index (χ3v) is 2.51. The molecule has 84 valence electrons. The molecule has 0 saturated carbocycles. The second kappa shape index (κ2) is 4.75. The molecule has 0 unspecified atom stereocenters. The summed E-state index contributed by atoms with van der Waals surface area (Å²) in [4.78, 5) is 10.4. The van der Waals surface area contributed by atoms with Crippen molar-refractivity contribution in [2.24, 2.45) is 5.41 Å². The van der Waals surface area contributed by atoms with Crippen LogP contribution in [0.5, 0.6) is 0 Å². The average molecular weight is 218 g/mol. The molecule has 0 saturated heterocycles. The number of nitro benzene ring substituents is 1. The zero-order valence-corrected chi connectivity index (χ0v) is 9.43. The van der Waals surface area contributed by atoms with Crippen LogP contribution in [0.15, 0.2) is 24.3 Å². The van der Waals surface area contributed by atoms with Gasteiger partial charge in [-0.2, -0.15) is 5.26 Å². The van der Waals surface area contributed by atoms with E-state index in [2.05, 4.69) is 6.07 Å². The van der Waals surface area contributed by atoms with E-state index < -0.39 is 5.41 Å². The van der Waals surface area contributed by atoms with Crippen molar-refractivity contribution in [2.75, 3.05) is 0 Å². The third kappa shape index (κ3) is 3.06. The second-order valence-corrected chi connectivity index (χ2v) is 4.38. The Bertz CT molecular complexity index is 433. The van der Waals surface area contributed by atoms with Gasteiger partial charge in [0.15, 0.2) is 0 Å². The number of aryl methyl sites for hydroxylation is 1. The average Bonchev–Trinajstić information content (AvgIpc) is 2.27. The molecule has 4 nitrogen and oxygen atoms in total. The minimum atomic E-state index is -0.441. The first kappa shape index (κ1) is 12.2. The van der Waals surface area contributed by atoms with Gasteiger partial charge in [0.05, 0.1) is 16.4 Å². The fourth-order valence-corrected chi connectivity index (χ4v) is 1.40. The summed E-state index contributed by atoms with van der Waals surface area (Å²) < 4.78 is 0. The molecule has 0 heterocycles.